The normalized spacial score (nSPS) is 21.6. The quantitative estimate of drug-likeness (QED) is 0.0645. The van der Waals surface area contributed by atoms with Crippen LogP contribution in [0.25, 0.3) is 0 Å². The SMILES string of the molecule is CCO[P+](O)(F)CCCCCCCCCC(=O)NCCCCCNC(=O)CCCCC1SCC2NC(=O)NC21. The van der Waals surface area contributed by atoms with Gasteiger partial charge in [0.25, 0.3) is 0 Å². The summed E-state index contributed by atoms with van der Waals surface area (Å²) in [6, 6.07) is 0.431. The van der Waals surface area contributed by atoms with Gasteiger partial charge in [-0.25, -0.2) is 4.79 Å². The van der Waals surface area contributed by atoms with E-state index in [0.717, 1.165) is 82.8 Å². The molecular weight excluding hydrogens is 542 g/mol. The van der Waals surface area contributed by atoms with Crippen molar-refractivity contribution in [3.05, 3.63) is 0 Å². The molecule has 0 radical (unpaired) electrons. The van der Waals surface area contributed by atoms with E-state index in [4.69, 9.17) is 4.52 Å². The molecule has 226 valence electrons. The third-order valence-electron chi connectivity index (χ3n) is 7.24. The van der Waals surface area contributed by atoms with Crippen LogP contribution >= 0.6 is 19.8 Å². The van der Waals surface area contributed by atoms with Crippen LogP contribution < -0.4 is 21.3 Å². The number of fused-ring (bicyclic) bond motifs is 1. The number of urea groups is 1. The average Bonchev–Trinajstić information content (AvgIpc) is 3.44. The van der Waals surface area contributed by atoms with Crippen LogP contribution in [-0.4, -0.2) is 71.7 Å². The summed E-state index contributed by atoms with van der Waals surface area (Å²) >= 11 is 1.91. The van der Waals surface area contributed by atoms with Crippen molar-refractivity contribution in [1.29, 1.82) is 0 Å². The number of nitrogens with one attached hydrogen (secondary N) is 4. The van der Waals surface area contributed by atoms with Crippen LogP contribution in [0.15, 0.2) is 0 Å². The largest absolute Gasteiger partial charge is 0.465 e. The van der Waals surface area contributed by atoms with Gasteiger partial charge in [-0.3, -0.25) is 9.59 Å². The van der Waals surface area contributed by atoms with Crippen molar-refractivity contribution in [2.45, 2.75) is 121 Å². The predicted octanol–water partition coefficient (Wildman–Crippen LogP) is 5.00. The molecule has 9 nitrogen and oxygen atoms in total. The Morgan fingerprint density at radius 1 is 0.923 bits per heavy atom. The van der Waals surface area contributed by atoms with Crippen LogP contribution in [0.4, 0.5) is 8.99 Å². The van der Waals surface area contributed by atoms with Gasteiger partial charge in [0.2, 0.25) is 11.8 Å². The van der Waals surface area contributed by atoms with Gasteiger partial charge < -0.3 is 21.3 Å². The zero-order chi connectivity index (χ0) is 28.3. The standard InChI is InChI=1S/C27H50FN4O5PS/c1-2-37-38(28,36)20-14-7-5-3-4-6-9-16-24(33)29-18-12-8-13-19-30-25(34)17-11-10-15-23-26-22(21-39-23)31-27(35)32-26/h22-23,26,36H,2-21H2,1H3,(H3-,29,30,31,32,33,34,35)/p+1. The topological polar surface area (TPSA) is 129 Å². The molecule has 0 aliphatic carbocycles. The van der Waals surface area contributed by atoms with Gasteiger partial charge in [0.15, 0.2) is 0 Å². The summed E-state index contributed by atoms with van der Waals surface area (Å²) in [5, 5.41) is 12.4. The Bertz CT molecular complexity index is 736. The molecule has 12 heteroatoms. The molecule has 2 heterocycles. The van der Waals surface area contributed by atoms with Crippen LogP contribution in [0.3, 0.4) is 0 Å². The Morgan fingerprint density at radius 2 is 1.49 bits per heavy atom. The maximum absolute atomic E-state index is 13.5. The summed E-state index contributed by atoms with van der Waals surface area (Å²) < 4.78 is 18.3. The van der Waals surface area contributed by atoms with Gasteiger partial charge in [-0.15, -0.1) is 0 Å². The Morgan fingerprint density at radius 3 is 2.13 bits per heavy atom. The molecule has 2 fully saturated rings. The number of hydrogen-bond acceptors (Lipinski definition) is 6. The second kappa shape index (κ2) is 19.8. The summed E-state index contributed by atoms with van der Waals surface area (Å²) in [6.07, 6.45) is 13.5. The van der Waals surface area contributed by atoms with Gasteiger partial charge >= 0.3 is 14.1 Å². The Balaban J connectivity index is 1.30. The second-order valence-corrected chi connectivity index (χ2v) is 13.8. The first-order valence-electron chi connectivity index (χ1n) is 15.0. The number of carbonyl (C=O) groups excluding carboxylic acids is 3. The number of amides is 4. The average molecular weight is 594 g/mol. The molecule has 2 rings (SSSR count). The molecule has 2 aliphatic heterocycles. The molecule has 0 bridgehead atoms. The van der Waals surface area contributed by atoms with Crippen LogP contribution in [0.2, 0.25) is 0 Å². The van der Waals surface area contributed by atoms with E-state index >= 15 is 0 Å². The fourth-order valence-electron chi connectivity index (χ4n) is 5.07. The van der Waals surface area contributed by atoms with E-state index in [1.807, 2.05) is 11.8 Å². The van der Waals surface area contributed by atoms with E-state index in [1.165, 1.54) is 0 Å². The molecule has 0 aromatic carbocycles. The molecule has 0 aromatic rings. The molecule has 2 saturated heterocycles. The third kappa shape index (κ3) is 15.4. The van der Waals surface area contributed by atoms with Gasteiger partial charge in [0, 0.05) is 41.1 Å². The summed E-state index contributed by atoms with van der Waals surface area (Å²) in [7, 11) is -3.62. The van der Waals surface area contributed by atoms with Gasteiger partial charge in [-0.1, -0.05) is 32.1 Å². The number of unbranched alkanes of at least 4 members (excludes halogenated alkanes) is 9. The Hall–Kier alpha value is -1.16. The summed E-state index contributed by atoms with van der Waals surface area (Å²) in [5.41, 5.74) is 0. The van der Waals surface area contributed by atoms with Crippen LogP contribution in [0.5, 0.6) is 0 Å². The van der Waals surface area contributed by atoms with E-state index in [2.05, 4.69) is 21.3 Å². The number of rotatable bonds is 23. The minimum Gasteiger partial charge on any atom is -0.356 e. The minimum absolute atomic E-state index is 0.0553. The van der Waals surface area contributed by atoms with Gasteiger partial charge in [0.05, 0.1) is 18.7 Å². The number of hydrogen-bond donors (Lipinski definition) is 5. The van der Waals surface area contributed by atoms with Crippen molar-refractivity contribution in [3.63, 3.8) is 0 Å². The van der Waals surface area contributed by atoms with Gasteiger partial charge in [-0.05, 0) is 58.3 Å². The maximum atomic E-state index is 13.5. The van der Waals surface area contributed by atoms with Crippen molar-refractivity contribution < 1.29 is 28.0 Å². The molecule has 0 saturated carbocycles. The lowest BCUT2D eigenvalue weighted by Gasteiger charge is -2.16. The fourth-order valence-corrected chi connectivity index (χ4v) is 7.75. The van der Waals surface area contributed by atoms with Crippen molar-refractivity contribution in [3.8, 4) is 0 Å². The number of carbonyl (C=O) groups is 3. The zero-order valence-corrected chi connectivity index (χ0v) is 25.4. The highest BCUT2D eigenvalue weighted by atomic mass is 32.2. The molecule has 4 atom stereocenters. The first kappa shape index (κ1) is 34.0. The van der Waals surface area contributed by atoms with Crippen LogP contribution in [0.1, 0.15) is 103 Å². The molecule has 0 aromatic heterocycles. The predicted molar refractivity (Wildman–Crippen MR) is 158 cm³/mol. The summed E-state index contributed by atoms with van der Waals surface area (Å²) in [6.45, 7) is 3.24. The number of halogens is 1. The van der Waals surface area contributed by atoms with Gasteiger partial charge in [-0.2, -0.15) is 21.2 Å². The monoisotopic (exact) mass is 593 g/mol. The van der Waals surface area contributed by atoms with E-state index in [-0.39, 0.29) is 42.7 Å². The van der Waals surface area contributed by atoms with Crippen molar-refractivity contribution in [1.82, 2.24) is 21.3 Å². The highest BCUT2D eigenvalue weighted by Crippen LogP contribution is 2.58. The zero-order valence-electron chi connectivity index (χ0n) is 23.7. The van der Waals surface area contributed by atoms with Gasteiger partial charge in [0.1, 0.15) is 6.16 Å². The smallest absolute Gasteiger partial charge is 0.356 e. The highest BCUT2D eigenvalue weighted by molar-refractivity contribution is 8.00. The Labute approximate surface area is 238 Å². The number of thioether (sulfide) groups is 1. The summed E-state index contributed by atoms with van der Waals surface area (Å²) in [5.74, 6) is 1.17. The molecule has 4 amide bonds. The van der Waals surface area contributed by atoms with Crippen molar-refractivity contribution in [2.24, 2.45) is 0 Å². The molecule has 2 aliphatic rings. The third-order valence-corrected chi connectivity index (χ3v) is 10.3. The van der Waals surface area contributed by atoms with E-state index in [9.17, 15) is 23.5 Å². The first-order chi connectivity index (χ1) is 18.8. The Kier molecular flexibility index (Phi) is 17.3. The molecule has 0 spiro atoms. The van der Waals surface area contributed by atoms with Crippen LogP contribution in [0, 0.1) is 0 Å². The van der Waals surface area contributed by atoms with Crippen LogP contribution in [-0.2, 0) is 14.1 Å². The molecular formula is C27H51FN4O5PS+. The highest BCUT2D eigenvalue weighted by Gasteiger charge is 2.42. The van der Waals surface area contributed by atoms with Crippen molar-refractivity contribution >= 4 is 37.6 Å². The lowest BCUT2D eigenvalue weighted by Crippen LogP contribution is -2.36. The minimum atomic E-state index is -3.62. The van der Waals surface area contributed by atoms with Crippen molar-refractivity contribution in [2.75, 3.05) is 31.6 Å². The lowest BCUT2D eigenvalue weighted by atomic mass is 10.0. The maximum Gasteiger partial charge on any atom is 0.465 e. The first-order valence-corrected chi connectivity index (χ1v) is 17.8. The second-order valence-electron chi connectivity index (χ2n) is 10.6. The van der Waals surface area contributed by atoms with E-state index in [1.54, 1.807) is 6.92 Å². The van der Waals surface area contributed by atoms with E-state index < -0.39 is 8.03 Å². The molecule has 39 heavy (non-hydrogen) atoms. The lowest BCUT2D eigenvalue weighted by molar-refractivity contribution is -0.121. The molecule has 5 N–H and O–H groups in total. The summed E-state index contributed by atoms with van der Waals surface area (Å²) in [4.78, 5) is 44.9. The van der Waals surface area contributed by atoms with E-state index in [0.29, 0.717) is 37.6 Å². The molecule has 4 unspecified atom stereocenters. The fraction of sp³-hybridized carbons (Fsp3) is 0.889.